The molecule has 0 spiro atoms. The van der Waals surface area contributed by atoms with Gasteiger partial charge >= 0.3 is 6.18 Å². The van der Waals surface area contributed by atoms with Gasteiger partial charge in [0, 0.05) is 32.8 Å². The van der Waals surface area contributed by atoms with Gasteiger partial charge in [-0.1, -0.05) is 0 Å². The number of pyridine rings is 1. The van der Waals surface area contributed by atoms with Crippen molar-refractivity contribution in [2.75, 3.05) is 25.0 Å². The molecular weight excluding hydrogens is 271 g/mol. The molecule has 0 saturated carbocycles. The summed E-state index contributed by atoms with van der Waals surface area (Å²) in [5.74, 6) is 0.730. The molecule has 0 aliphatic carbocycles. The lowest BCUT2D eigenvalue weighted by atomic mass is 10.1. The fraction of sp³-hybridized carbons (Fsp3) is 0.538. The van der Waals surface area contributed by atoms with Crippen LogP contribution in [0, 0.1) is 5.92 Å². The Morgan fingerprint density at radius 2 is 2.25 bits per heavy atom. The van der Waals surface area contributed by atoms with Gasteiger partial charge in [0.15, 0.2) is 0 Å². The van der Waals surface area contributed by atoms with E-state index in [0.717, 1.165) is 18.7 Å². The molecule has 0 aromatic carbocycles. The van der Waals surface area contributed by atoms with E-state index >= 15 is 0 Å². The van der Waals surface area contributed by atoms with E-state index in [2.05, 4.69) is 10.3 Å². The monoisotopic (exact) mass is 287 g/mol. The van der Waals surface area contributed by atoms with E-state index in [4.69, 9.17) is 0 Å². The first-order chi connectivity index (χ1) is 9.40. The Balaban J connectivity index is 1.98. The first-order valence-electron chi connectivity index (χ1n) is 6.39. The van der Waals surface area contributed by atoms with E-state index in [9.17, 15) is 18.0 Å². The number of carbonyl (C=O) groups is 1. The van der Waals surface area contributed by atoms with Crippen molar-refractivity contribution in [1.29, 1.82) is 0 Å². The van der Waals surface area contributed by atoms with Crippen molar-refractivity contribution in [3.8, 4) is 0 Å². The van der Waals surface area contributed by atoms with E-state index < -0.39 is 11.7 Å². The van der Waals surface area contributed by atoms with Gasteiger partial charge in [-0.05, 0) is 24.5 Å². The number of amides is 1. The molecule has 7 heteroatoms. The fourth-order valence-electron chi connectivity index (χ4n) is 2.31. The van der Waals surface area contributed by atoms with Crippen LogP contribution in [-0.4, -0.2) is 31.0 Å². The number of hydrogen-bond acceptors (Lipinski definition) is 3. The molecule has 1 amide bonds. The molecule has 2 rings (SSSR count). The Kier molecular flexibility index (Phi) is 4.15. The number of nitrogens with zero attached hydrogens (tertiary/aromatic N) is 2. The lowest BCUT2D eigenvalue weighted by Gasteiger charge is -2.18. The number of rotatable bonds is 3. The molecular formula is C13H16F3N3O. The van der Waals surface area contributed by atoms with Crippen LogP contribution in [0.4, 0.5) is 19.0 Å². The average Bonchev–Trinajstić information content (AvgIpc) is 2.86. The smallest absolute Gasteiger partial charge is 0.359 e. The van der Waals surface area contributed by atoms with E-state index in [1.807, 2.05) is 4.90 Å². The number of anilines is 1. The second kappa shape index (κ2) is 5.68. The normalized spacial score (nSPS) is 19.2. The van der Waals surface area contributed by atoms with Crippen molar-refractivity contribution in [1.82, 2.24) is 10.3 Å². The van der Waals surface area contributed by atoms with Crippen molar-refractivity contribution >= 4 is 11.7 Å². The van der Waals surface area contributed by atoms with Crippen LogP contribution in [-0.2, 0) is 11.0 Å². The third-order valence-electron chi connectivity index (χ3n) is 3.44. The molecule has 1 atom stereocenters. The van der Waals surface area contributed by atoms with Crippen molar-refractivity contribution in [2.24, 2.45) is 5.92 Å². The molecule has 1 fully saturated rings. The van der Waals surface area contributed by atoms with Gasteiger partial charge in [0.05, 0.1) is 5.56 Å². The summed E-state index contributed by atoms with van der Waals surface area (Å²) < 4.78 is 37.3. The standard InChI is InChI=1S/C13H16F3N3O/c1-17-12(20)6-9-4-5-19(8-9)11-3-2-10(7-18-11)13(14,15)16/h2-3,7,9H,4-6,8H2,1H3,(H,17,20). The topological polar surface area (TPSA) is 45.2 Å². The fourth-order valence-corrected chi connectivity index (χ4v) is 2.31. The van der Waals surface area contributed by atoms with E-state index in [0.29, 0.717) is 25.3 Å². The number of halogens is 3. The summed E-state index contributed by atoms with van der Waals surface area (Å²) in [6, 6.07) is 2.42. The Hall–Kier alpha value is -1.79. The number of hydrogen-bond donors (Lipinski definition) is 1. The summed E-state index contributed by atoms with van der Waals surface area (Å²) in [7, 11) is 1.59. The summed E-state index contributed by atoms with van der Waals surface area (Å²) >= 11 is 0. The summed E-state index contributed by atoms with van der Waals surface area (Å²) in [4.78, 5) is 17.1. The number of nitrogens with one attached hydrogen (secondary N) is 1. The van der Waals surface area contributed by atoms with Crippen LogP contribution in [0.15, 0.2) is 18.3 Å². The van der Waals surface area contributed by atoms with Crippen LogP contribution < -0.4 is 10.2 Å². The minimum Gasteiger partial charge on any atom is -0.359 e. The van der Waals surface area contributed by atoms with Gasteiger partial charge in [0.2, 0.25) is 5.91 Å². The van der Waals surface area contributed by atoms with Gasteiger partial charge in [-0.15, -0.1) is 0 Å². The molecule has 1 aromatic rings. The van der Waals surface area contributed by atoms with Crippen LogP contribution in [0.1, 0.15) is 18.4 Å². The third kappa shape index (κ3) is 3.40. The maximum absolute atomic E-state index is 12.4. The van der Waals surface area contributed by atoms with Crippen LogP contribution in [0.2, 0.25) is 0 Å². The maximum Gasteiger partial charge on any atom is 0.417 e. The molecule has 1 aliphatic rings. The zero-order chi connectivity index (χ0) is 14.8. The van der Waals surface area contributed by atoms with Gasteiger partial charge in [-0.2, -0.15) is 13.2 Å². The maximum atomic E-state index is 12.4. The molecule has 2 heterocycles. The molecule has 1 aliphatic heterocycles. The predicted octanol–water partition coefficient (Wildman–Crippen LogP) is 2.06. The average molecular weight is 287 g/mol. The third-order valence-corrected chi connectivity index (χ3v) is 3.44. The van der Waals surface area contributed by atoms with Crippen LogP contribution in [0.25, 0.3) is 0 Å². The van der Waals surface area contributed by atoms with Crippen molar-refractivity contribution in [2.45, 2.75) is 19.0 Å². The van der Waals surface area contributed by atoms with Gasteiger partial charge in [-0.25, -0.2) is 4.98 Å². The minimum atomic E-state index is -4.36. The van der Waals surface area contributed by atoms with Gasteiger partial charge in [0.25, 0.3) is 0 Å². The van der Waals surface area contributed by atoms with Crippen LogP contribution >= 0.6 is 0 Å². The van der Waals surface area contributed by atoms with Crippen molar-refractivity contribution in [3.05, 3.63) is 23.9 Å². The second-order valence-electron chi connectivity index (χ2n) is 4.88. The van der Waals surface area contributed by atoms with E-state index in [1.165, 1.54) is 6.07 Å². The summed E-state index contributed by atoms with van der Waals surface area (Å²) in [6.45, 7) is 1.35. The summed E-state index contributed by atoms with van der Waals surface area (Å²) in [5.41, 5.74) is -0.748. The molecule has 0 bridgehead atoms. The first-order valence-corrected chi connectivity index (χ1v) is 6.39. The zero-order valence-electron chi connectivity index (χ0n) is 11.1. The molecule has 1 aromatic heterocycles. The van der Waals surface area contributed by atoms with Gasteiger partial charge in [-0.3, -0.25) is 4.79 Å². The quantitative estimate of drug-likeness (QED) is 0.925. The molecule has 1 unspecified atom stereocenters. The molecule has 1 N–H and O–H groups in total. The number of carbonyl (C=O) groups excluding carboxylic acids is 1. The summed E-state index contributed by atoms with van der Waals surface area (Å²) in [6.07, 6.45) is -2.23. The van der Waals surface area contributed by atoms with E-state index in [1.54, 1.807) is 7.05 Å². The first kappa shape index (κ1) is 14.6. The van der Waals surface area contributed by atoms with Crippen LogP contribution in [0.5, 0.6) is 0 Å². The largest absolute Gasteiger partial charge is 0.417 e. The number of alkyl halides is 3. The minimum absolute atomic E-state index is 0.0165. The lowest BCUT2D eigenvalue weighted by molar-refractivity contribution is -0.137. The SMILES string of the molecule is CNC(=O)CC1CCN(c2ccc(C(F)(F)F)cn2)C1. The highest BCUT2D eigenvalue weighted by Crippen LogP contribution is 2.30. The highest BCUT2D eigenvalue weighted by Gasteiger charge is 2.31. The number of aromatic nitrogens is 1. The predicted molar refractivity (Wildman–Crippen MR) is 68.2 cm³/mol. The highest BCUT2D eigenvalue weighted by atomic mass is 19.4. The molecule has 1 saturated heterocycles. The summed E-state index contributed by atoms with van der Waals surface area (Å²) in [5, 5.41) is 2.57. The molecule has 110 valence electrons. The van der Waals surface area contributed by atoms with Crippen molar-refractivity contribution in [3.63, 3.8) is 0 Å². The molecule has 0 radical (unpaired) electrons. The second-order valence-corrected chi connectivity index (χ2v) is 4.88. The van der Waals surface area contributed by atoms with Crippen LogP contribution in [0.3, 0.4) is 0 Å². The Morgan fingerprint density at radius 1 is 1.50 bits per heavy atom. The van der Waals surface area contributed by atoms with Gasteiger partial charge in [0.1, 0.15) is 5.82 Å². The Morgan fingerprint density at radius 3 is 2.80 bits per heavy atom. The molecule has 20 heavy (non-hydrogen) atoms. The zero-order valence-corrected chi connectivity index (χ0v) is 11.1. The van der Waals surface area contributed by atoms with Gasteiger partial charge < -0.3 is 10.2 Å². The highest BCUT2D eigenvalue weighted by molar-refractivity contribution is 5.75. The molecule has 4 nitrogen and oxygen atoms in total. The lowest BCUT2D eigenvalue weighted by Crippen LogP contribution is -2.24. The Labute approximate surface area is 115 Å². The van der Waals surface area contributed by atoms with Crippen molar-refractivity contribution < 1.29 is 18.0 Å². The Bertz CT molecular complexity index is 473. The van der Waals surface area contributed by atoms with E-state index in [-0.39, 0.29) is 11.8 Å².